The van der Waals surface area contributed by atoms with Crippen LogP contribution in [0.2, 0.25) is 0 Å². The van der Waals surface area contributed by atoms with Crippen molar-refractivity contribution in [2.24, 2.45) is 5.92 Å². The van der Waals surface area contributed by atoms with Gasteiger partial charge in [-0.3, -0.25) is 5.10 Å². The highest BCUT2D eigenvalue weighted by molar-refractivity contribution is 5.28. The molecule has 0 bridgehead atoms. The molecular weight excluding hydrogens is 190 g/mol. The molecule has 0 amide bonds. The number of hydrogen-bond donors (Lipinski definition) is 2. The summed E-state index contributed by atoms with van der Waals surface area (Å²) in [5, 5.41) is 10.9. The third kappa shape index (κ3) is 1.79. The summed E-state index contributed by atoms with van der Waals surface area (Å²) in [5.74, 6) is 0.770. The number of nitrogens with one attached hydrogen (secondary N) is 2. The zero-order valence-corrected chi connectivity index (χ0v) is 8.88. The fourth-order valence-electron chi connectivity index (χ4n) is 2.50. The average Bonchev–Trinajstić information content (AvgIpc) is 2.85. The van der Waals surface area contributed by atoms with E-state index >= 15 is 0 Å². The number of aromatic amines is 1. The molecule has 0 aromatic carbocycles. The first-order valence-corrected chi connectivity index (χ1v) is 5.77. The molecule has 3 heterocycles. The van der Waals surface area contributed by atoms with E-state index in [9.17, 15) is 0 Å². The second-order valence-corrected chi connectivity index (χ2v) is 4.49. The molecule has 15 heavy (non-hydrogen) atoms. The molecule has 82 valence electrons. The lowest BCUT2D eigenvalue weighted by molar-refractivity contribution is 0.0662. The van der Waals surface area contributed by atoms with Crippen LogP contribution in [0, 0.1) is 5.92 Å². The third-order valence-corrected chi connectivity index (χ3v) is 3.46. The lowest BCUT2D eigenvalue weighted by atomic mass is 9.93. The van der Waals surface area contributed by atoms with Crippen molar-refractivity contribution in [3.8, 4) is 0 Å². The van der Waals surface area contributed by atoms with E-state index in [0.29, 0.717) is 0 Å². The number of hydrogen-bond acceptors (Lipinski definition) is 3. The SMILES string of the molecule is C1CC(Cc2n[nH]c3c2CNC3)CCO1. The second kappa shape index (κ2) is 3.94. The van der Waals surface area contributed by atoms with Gasteiger partial charge >= 0.3 is 0 Å². The van der Waals surface area contributed by atoms with E-state index in [-0.39, 0.29) is 0 Å². The first-order valence-electron chi connectivity index (χ1n) is 5.77. The van der Waals surface area contributed by atoms with E-state index in [1.165, 1.54) is 29.8 Å². The van der Waals surface area contributed by atoms with Crippen LogP contribution < -0.4 is 5.32 Å². The van der Waals surface area contributed by atoms with Gasteiger partial charge in [-0.1, -0.05) is 0 Å². The minimum atomic E-state index is 0.770. The molecule has 1 fully saturated rings. The van der Waals surface area contributed by atoms with Crippen LogP contribution in [-0.2, 0) is 24.2 Å². The Bertz CT molecular complexity index is 342. The van der Waals surface area contributed by atoms with Gasteiger partial charge in [-0.05, 0) is 25.2 Å². The Kier molecular flexibility index (Phi) is 2.46. The van der Waals surface area contributed by atoms with E-state index < -0.39 is 0 Å². The lowest BCUT2D eigenvalue weighted by Gasteiger charge is -2.21. The lowest BCUT2D eigenvalue weighted by Crippen LogP contribution is -2.18. The topological polar surface area (TPSA) is 49.9 Å². The summed E-state index contributed by atoms with van der Waals surface area (Å²) in [6, 6.07) is 0. The van der Waals surface area contributed by atoms with Crippen molar-refractivity contribution >= 4 is 0 Å². The van der Waals surface area contributed by atoms with Crippen molar-refractivity contribution < 1.29 is 4.74 Å². The fourth-order valence-corrected chi connectivity index (χ4v) is 2.50. The Balaban J connectivity index is 1.70. The third-order valence-electron chi connectivity index (χ3n) is 3.46. The summed E-state index contributed by atoms with van der Waals surface area (Å²) in [6.07, 6.45) is 3.50. The maximum absolute atomic E-state index is 5.37. The molecule has 4 heteroatoms. The predicted molar refractivity (Wildman–Crippen MR) is 56.4 cm³/mol. The standard InChI is InChI=1S/C11H17N3O/c1-3-15-4-2-8(1)5-10-9-6-12-7-11(9)14-13-10/h8,12H,1-7H2,(H,13,14). The van der Waals surface area contributed by atoms with E-state index in [1.807, 2.05) is 0 Å². The Morgan fingerprint density at radius 1 is 1.27 bits per heavy atom. The molecule has 2 aliphatic heterocycles. The van der Waals surface area contributed by atoms with Crippen molar-refractivity contribution in [2.45, 2.75) is 32.4 Å². The van der Waals surface area contributed by atoms with Crippen LogP contribution in [0.4, 0.5) is 0 Å². The van der Waals surface area contributed by atoms with Crippen LogP contribution in [0.25, 0.3) is 0 Å². The molecule has 1 aromatic heterocycles. The van der Waals surface area contributed by atoms with Gasteiger partial charge in [0.25, 0.3) is 0 Å². The largest absolute Gasteiger partial charge is 0.381 e. The summed E-state index contributed by atoms with van der Waals surface area (Å²) in [7, 11) is 0. The van der Waals surface area contributed by atoms with E-state index in [1.54, 1.807) is 0 Å². The Morgan fingerprint density at radius 3 is 3.00 bits per heavy atom. The molecule has 1 saturated heterocycles. The highest BCUT2D eigenvalue weighted by atomic mass is 16.5. The van der Waals surface area contributed by atoms with Crippen LogP contribution in [-0.4, -0.2) is 23.4 Å². The molecule has 2 aliphatic rings. The van der Waals surface area contributed by atoms with Gasteiger partial charge in [0.15, 0.2) is 0 Å². The summed E-state index contributed by atoms with van der Waals surface area (Å²) in [6.45, 7) is 3.80. The number of ether oxygens (including phenoxy) is 1. The highest BCUT2D eigenvalue weighted by Gasteiger charge is 2.21. The molecule has 2 N–H and O–H groups in total. The molecule has 0 spiro atoms. The van der Waals surface area contributed by atoms with Crippen LogP contribution in [0.5, 0.6) is 0 Å². The second-order valence-electron chi connectivity index (χ2n) is 4.49. The summed E-state index contributed by atoms with van der Waals surface area (Å²) in [4.78, 5) is 0. The highest BCUT2D eigenvalue weighted by Crippen LogP contribution is 2.24. The molecule has 0 saturated carbocycles. The van der Waals surface area contributed by atoms with Crippen molar-refractivity contribution in [1.29, 1.82) is 0 Å². The van der Waals surface area contributed by atoms with Gasteiger partial charge < -0.3 is 10.1 Å². The number of nitrogens with zero attached hydrogens (tertiary/aromatic N) is 1. The molecule has 3 rings (SSSR count). The Morgan fingerprint density at radius 2 is 2.13 bits per heavy atom. The first-order chi connectivity index (χ1) is 7.43. The molecule has 4 nitrogen and oxygen atoms in total. The summed E-state index contributed by atoms with van der Waals surface area (Å²) >= 11 is 0. The van der Waals surface area contributed by atoms with Crippen LogP contribution in [0.1, 0.15) is 29.8 Å². The minimum Gasteiger partial charge on any atom is -0.381 e. The minimum absolute atomic E-state index is 0.770. The molecular formula is C11H17N3O. The number of H-pyrrole nitrogens is 1. The van der Waals surface area contributed by atoms with Crippen molar-refractivity contribution in [3.63, 3.8) is 0 Å². The zero-order valence-electron chi connectivity index (χ0n) is 8.88. The fraction of sp³-hybridized carbons (Fsp3) is 0.727. The van der Waals surface area contributed by atoms with E-state index in [0.717, 1.165) is 38.6 Å². The molecule has 1 aromatic rings. The van der Waals surface area contributed by atoms with Crippen LogP contribution in [0.3, 0.4) is 0 Å². The predicted octanol–water partition coefficient (Wildman–Crippen LogP) is 0.982. The van der Waals surface area contributed by atoms with Crippen LogP contribution >= 0.6 is 0 Å². The van der Waals surface area contributed by atoms with Gasteiger partial charge in [-0.15, -0.1) is 0 Å². The Hall–Kier alpha value is -0.870. The number of rotatable bonds is 2. The van der Waals surface area contributed by atoms with E-state index in [4.69, 9.17) is 4.74 Å². The molecule has 0 atom stereocenters. The zero-order chi connectivity index (χ0) is 10.1. The average molecular weight is 207 g/mol. The van der Waals surface area contributed by atoms with Crippen molar-refractivity contribution in [3.05, 3.63) is 17.0 Å². The quantitative estimate of drug-likeness (QED) is 0.760. The molecule has 0 aliphatic carbocycles. The van der Waals surface area contributed by atoms with Gasteiger partial charge in [-0.2, -0.15) is 5.10 Å². The maximum atomic E-state index is 5.37. The van der Waals surface area contributed by atoms with E-state index in [2.05, 4.69) is 15.5 Å². The maximum Gasteiger partial charge on any atom is 0.0673 e. The summed E-state index contributed by atoms with van der Waals surface area (Å²) < 4.78 is 5.37. The van der Waals surface area contributed by atoms with Crippen molar-refractivity contribution in [2.75, 3.05) is 13.2 Å². The Labute approximate surface area is 89.4 Å². The first kappa shape index (κ1) is 9.36. The normalized spacial score (nSPS) is 21.9. The number of aromatic nitrogens is 2. The van der Waals surface area contributed by atoms with Gasteiger partial charge in [-0.25, -0.2) is 0 Å². The van der Waals surface area contributed by atoms with Crippen molar-refractivity contribution in [1.82, 2.24) is 15.5 Å². The van der Waals surface area contributed by atoms with Crippen LogP contribution in [0.15, 0.2) is 0 Å². The van der Waals surface area contributed by atoms with Gasteiger partial charge in [0.1, 0.15) is 0 Å². The van der Waals surface area contributed by atoms with Gasteiger partial charge in [0.2, 0.25) is 0 Å². The monoisotopic (exact) mass is 207 g/mol. The molecule has 0 unspecified atom stereocenters. The summed E-state index contributed by atoms with van der Waals surface area (Å²) in [5.41, 5.74) is 3.99. The molecule has 0 radical (unpaired) electrons. The smallest absolute Gasteiger partial charge is 0.0673 e. The van der Waals surface area contributed by atoms with Gasteiger partial charge in [0.05, 0.1) is 11.4 Å². The number of fused-ring (bicyclic) bond motifs is 1. The van der Waals surface area contributed by atoms with Gasteiger partial charge in [0, 0.05) is 31.9 Å².